The van der Waals surface area contributed by atoms with Gasteiger partial charge in [-0.25, -0.2) is 0 Å². The van der Waals surface area contributed by atoms with Crippen molar-refractivity contribution < 1.29 is 5.11 Å². The molecule has 1 heteroatoms. The predicted octanol–water partition coefficient (Wildman–Crippen LogP) is 5.81. The number of rotatable bonds is 2. The second-order valence-electron chi connectivity index (χ2n) is 8.77. The molecule has 4 atom stereocenters. The molecule has 0 aliphatic heterocycles. The quantitative estimate of drug-likeness (QED) is 0.681. The summed E-state index contributed by atoms with van der Waals surface area (Å²) in [4.78, 5) is 0. The molecule has 3 aliphatic carbocycles. The number of aliphatic hydroxyl groups excluding tert-OH is 1. The number of aliphatic hydroxyl groups is 1. The highest BCUT2D eigenvalue weighted by Crippen LogP contribution is 2.59. The largest absolute Gasteiger partial charge is 0.393 e. The van der Waals surface area contributed by atoms with E-state index in [-0.39, 0.29) is 6.10 Å². The average molecular weight is 315 g/mol. The zero-order valence-corrected chi connectivity index (χ0v) is 15.3. The van der Waals surface area contributed by atoms with Crippen molar-refractivity contribution in [3.05, 3.63) is 35.5 Å². The highest BCUT2D eigenvalue weighted by Gasteiger charge is 2.49. The van der Waals surface area contributed by atoms with E-state index in [1.165, 1.54) is 43.3 Å². The normalized spacial score (nSPS) is 41.8. The molecule has 0 unspecified atom stereocenters. The number of hydrogen-bond acceptors (Lipinski definition) is 1. The zero-order valence-electron chi connectivity index (χ0n) is 15.3. The van der Waals surface area contributed by atoms with Gasteiger partial charge in [0.1, 0.15) is 0 Å². The van der Waals surface area contributed by atoms with E-state index >= 15 is 0 Å². The monoisotopic (exact) mass is 314 g/mol. The Bertz CT molecular complexity index is 524. The van der Waals surface area contributed by atoms with Crippen LogP contribution >= 0.6 is 0 Å². The van der Waals surface area contributed by atoms with Gasteiger partial charge in [-0.3, -0.25) is 0 Å². The molecule has 0 aromatic heterocycles. The van der Waals surface area contributed by atoms with Crippen molar-refractivity contribution in [2.24, 2.45) is 23.2 Å². The van der Waals surface area contributed by atoms with Crippen LogP contribution in [0.25, 0.3) is 0 Å². The summed E-state index contributed by atoms with van der Waals surface area (Å²) in [6, 6.07) is 0. The molecule has 0 bridgehead atoms. The Balaban J connectivity index is 1.81. The van der Waals surface area contributed by atoms with Gasteiger partial charge in [0, 0.05) is 0 Å². The number of hydrogen-bond donors (Lipinski definition) is 1. The van der Waals surface area contributed by atoms with Gasteiger partial charge in [0.05, 0.1) is 6.10 Å². The van der Waals surface area contributed by atoms with Crippen molar-refractivity contribution >= 4 is 0 Å². The molecule has 23 heavy (non-hydrogen) atoms. The third-order valence-corrected chi connectivity index (χ3v) is 7.03. The minimum Gasteiger partial charge on any atom is -0.393 e. The minimum absolute atomic E-state index is 0.168. The smallest absolute Gasteiger partial charge is 0.0583 e. The maximum atomic E-state index is 9.92. The van der Waals surface area contributed by atoms with Gasteiger partial charge >= 0.3 is 0 Å². The molecular weight excluding hydrogens is 280 g/mol. The Morgan fingerprint density at radius 2 is 1.96 bits per heavy atom. The molecule has 3 aliphatic rings. The van der Waals surface area contributed by atoms with Crippen LogP contribution in [0.1, 0.15) is 72.1 Å². The number of fused-ring (bicyclic) bond motifs is 1. The first-order chi connectivity index (χ1) is 10.9. The van der Waals surface area contributed by atoms with E-state index in [4.69, 9.17) is 0 Å². The maximum Gasteiger partial charge on any atom is 0.0583 e. The van der Waals surface area contributed by atoms with Crippen molar-refractivity contribution in [1.29, 1.82) is 0 Å². The van der Waals surface area contributed by atoms with Crippen LogP contribution in [0.4, 0.5) is 0 Å². The summed E-state index contributed by atoms with van der Waals surface area (Å²) < 4.78 is 0. The lowest BCUT2D eigenvalue weighted by Gasteiger charge is -2.43. The zero-order chi connectivity index (χ0) is 16.6. The maximum absolute atomic E-state index is 9.92. The molecule has 0 aromatic carbocycles. The SMILES string of the molecule is C=C1CC[C@H](O)C/C1=C/C=C1\CCC[C@]2(C)[C@@H](C(C)C)CC[C@@H]12. The summed E-state index contributed by atoms with van der Waals surface area (Å²) >= 11 is 0. The second-order valence-corrected chi connectivity index (χ2v) is 8.77. The summed E-state index contributed by atoms with van der Waals surface area (Å²) in [7, 11) is 0. The summed E-state index contributed by atoms with van der Waals surface area (Å²) in [6.45, 7) is 11.6. The van der Waals surface area contributed by atoms with Crippen molar-refractivity contribution in [1.82, 2.24) is 0 Å². The van der Waals surface area contributed by atoms with Crippen molar-refractivity contribution in [2.45, 2.75) is 78.2 Å². The van der Waals surface area contributed by atoms with Crippen LogP contribution in [0.2, 0.25) is 0 Å². The Morgan fingerprint density at radius 3 is 2.70 bits per heavy atom. The van der Waals surface area contributed by atoms with Crippen molar-refractivity contribution in [3.8, 4) is 0 Å². The molecular formula is C22H34O. The summed E-state index contributed by atoms with van der Waals surface area (Å²) in [5, 5.41) is 9.92. The summed E-state index contributed by atoms with van der Waals surface area (Å²) in [6.07, 6.45) is 13.9. The van der Waals surface area contributed by atoms with Gasteiger partial charge in [-0.1, -0.05) is 50.6 Å². The fourth-order valence-corrected chi connectivity index (χ4v) is 5.77. The van der Waals surface area contributed by atoms with Crippen molar-refractivity contribution in [2.75, 3.05) is 0 Å². The molecule has 3 fully saturated rings. The van der Waals surface area contributed by atoms with E-state index in [2.05, 4.69) is 39.5 Å². The van der Waals surface area contributed by atoms with E-state index in [0.29, 0.717) is 5.41 Å². The first kappa shape index (κ1) is 17.0. The minimum atomic E-state index is -0.168. The molecule has 0 saturated heterocycles. The van der Waals surface area contributed by atoms with Gasteiger partial charge < -0.3 is 5.11 Å². The van der Waals surface area contributed by atoms with Crippen LogP contribution in [0.5, 0.6) is 0 Å². The van der Waals surface area contributed by atoms with E-state index in [1.54, 1.807) is 5.57 Å². The summed E-state index contributed by atoms with van der Waals surface area (Å²) in [5.74, 6) is 2.47. The van der Waals surface area contributed by atoms with Gasteiger partial charge in [0.25, 0.3) is 0 Å². The molecule has 0 radical (unpaired) electrons. The van der Waals surface area contributed by atoms with Crippen LogP contribution in [0.3, 0.4) is 0 Å². The molecule has 1 N–H and O–H groups in total. The Morgan fingerprint density at radius 1 is 1.17 bits per heavy atom. The molecule has 128 valence electrons. The van der Waals surface area contributed by atoms with Crippen LogP contribution in [-0.4, -0.2) is 11.2 Å². The van der Waals surface area contributed by atoms with Gasteiger partial charge in [0.15, 0.2) is 0 Å². The van der Waals surface area contributed by atoms with Crippen LogP contribution in [0, 0.1) is 23.2 Å². The highest BCUT2D eigenvalue weighted by atomic mass is 16.3. The van der Waals surface area contributed by atoms with Gasteiger partial charge in [-0.05, 0) is 80.1 Å². The van der Waals surface area contributed by atoms with Crippen molar-refractivity contribution in [3.63, 3.8) is 0 Å². The lowest BCUT2D eigenvalue weighted by molar-refractivity contribution is 0.104. The average Bonchev–Trinajstić information content (AvgIpc) is 2.86. The summed E-state index contributed by atoms with van der Waals surface area (Å²) in [5.41, 5.74) is 4.70. The third kappa shape index (κ3) is 3.22. The molecule has 3 saturated carbocycles. The van der Waals surface area contributed by atoms with E-state index in [1.807, 2.05) is 0 Å². The lowest BCUT2D eigenvalue weighted by Crippen LogP contribution is -2.35. The van der Waals surface area contributed by atoms with Gasteiger partial charge in [-0.15, -0.1) is 0 Å². The predicted molar refractivity (Wildman–Crippen MR) is 98.2 cm³/mol. The van der Waals surface area contributed by atoms with Crippen LogP contribution in [0.15, 0.2) is 35.5 Å². The lowest BCUT2D eigenvalue weighted by atomic mass is 9.61. The molecule has 1 nitrogen and oxygen atoms in total. The Hall–Kier alpha value is -0.820. The molecule has 3 rings (SSSR count). The Labute approximate surface area is 142 Å². The van der Waals surface area contributed by atoms with Gasteiger partial charge in [-0.2, -0.15) is 0 Å². The first-order valence-electron chi connectivity index (χ1n) is 9.67. The van der Waals surface area contributed by atoms with Crippen LogP contribution in [-0.2, 0) is 0 Å². The number of allylic oxidation sites excluding steroid dienone is 4. The molecule has 0 aromatic rings. The van der Waals surface area contributed by atoms with Crippen LogP contribution < -0.4 is 0 Å². The second kappa shape index (κ2) is 6.59. The standard InChI is InChI=1S/C22H34O/c1-15(2)20-11-12-21-17(6-5-13-22(20,21)4)8-9-18-14-19(23)10-7-16(18)3/h8-9,15,19-21,23H,3,5-7,10-14H2,1-2,4H3/b17-8+,18-9-/t19-,20+,21-,22+/m0/s1. The topological polar surface area (TPSA) is 20.2 Å². The molecule has 0 heterocycles. The third-order valence-electron chi connectivity index (χ3n) is 7.03. The Kier molecular flexibility index (Phi) is 4.88. The first-order valence-corrected chi connectivity index (χ1v) is 9.67. The molecule has 0 amide bonds. The molecule has 0 spiro atoms. The fraction of sp³-hybridized carbons (Fsp3) is 0.727. The van der Waals surface area contributed by atoms with Gasteiger partial charge in [0.2, 0.25) is 0 Å². The van der Waals surface area contributed by atoms with E-state index < -0.39 is 0 Å². The highest BCUT2D eigenvalue weighted by molar-refractivity contribution is 5.36. The van der Waals surface area contributed by atoms with E-state index in [9.17, 15) is 5.11 Å². The fourth-order valence-electron chi connectivity index (χ4n) is 5.77. The van der Waals surface area contributed by atoms with E-state index in [0.717, 1.165) is 37.0 Å².